The fourth-order valence-electron chi connectivity index (χ4n) is 1.47. The van der Waals surface area contributed by atoms with Crippen molar-refractivity contribution in [3.05, 3.63) is 54.1 Å². The van der Waals surface area contributed by atoms with Crippen LogP contribution in [0.3, 0.4) is 0 Å². The van der Waals surface area contributed by atoms with Crippen LogP contribution in [0.25, 0.3) is 0 Å². The van der Waals surface area contributed by atoms with Crippen LogP contribution in [0.1, 0.15) is 5.56 Å². The van der Waals surface area contributed by atoms with Crippen LogP contribution < -0.4 is 4.72 Å². The zero-order chi connectivity index (χ0) is 13.9. The van der Waals surface area contributed by atoms with Crippen molar-refractivity contribution in [2.45, 2.75) is 11.4 Å². The van der Waals surface area contributed by atoms with Crippen LogP contribution in [0, 0.1) is 5.82 Å². The lowest BCUT2D eigenvalue weighted by atomic mass is 10.2. The largest absolute Gasteiger partial charge is 0.508 e. The molecule has 19 heavy (non-hydrogen) atoms. The van der Waals surface area contributed by atoms with Gasteiger partial charge in [-0.15, -0.1) is 0 Å². The van der Waals surface area contributed by atoms with Gasteiger partial charge < -0.3 is 5.11 Å². The Balaban J connectivity index is 2.14. The summed E-state index contributed by atoms with van der Waals surface area (Å²) >= 11 is 0. The molecule has 0 saturated heterocycles. The van der Waals surface area contributed by atoms with Gasteiger partial charge in [-0.3, -0.25) is 4.98 Å². The molecule has 1 aromatic carbocycles. The molecule has 1 aromatic heterocycles. The number of nitrogens with zero attached hydrogens (tertiary/aromatic N) is 1. The van der Waals surface area contributed by atoms with E-state index in [1.54, 1.807) is 12.1 Å². The summed E-state index contributed by atoms with van der Waals surface area (Å²) in [7, 11) is -3.83. The van der Waals surface area contributed by atoms with Gasteiger partial charge in [0.05, 0.1) is 6.20 Å². The van der Waals surface area contributed by atoms with E-state index < -0.39 is 15.8 Å². The van der Waals surface area contributed by atoms with Crippen molar-refractivity contribution in [1.29, 1.82) is 0 Å². The van der Waals surface area contributed by atoms with Gasteiger partial charge in [-0.05, 0) is 23.8 Å². The van der Waals surface area contributed by atoms with Crippen molar-refractivity contribution in [2.24, 2.45) is 0 Å². The lowest BCUT2D eigenvalue weighted by Gasteiger charge is -2.06. The molecule has 0 aliphatic heterocycles. The van der Waals surface area contributed by atoms with E-state index in [0.717, 1.165) is 18.5 Å². The molecule has 0 saturated carbocycles. The topological polar surface area (TPSA) is 79.3 Å². The molecule has 5 nitrogen and oxygen atoms in total. The molecule has 0 aliphatic carbocycles. The minimum atomic E-state index is -3.83. The highest BCUT2D eigenvalue weighted by Crippen LogP contribution is 2.13. The fraction of sp³-hybridized carbons (Fsp3) is 0.0833. The zero-order valence-corrected chi connectivity index (χ0v) is 10.6. The maximum absolute atomic E-state index is 12.9. The standard InChI is InChI=1S/C12H11FN2O3S/c13-10-5-12(8-14-7-10)19(17,18)15-6-9-2-1-3-11(16)4-9/h1-5,7-8,15-16H,6H2. The number of phenols is 1. The molecule has 0 spiro atoms. The Morgan fingerprint density at radius 3 is 2.74 bits per heavy atom. The number of hydrogen-bond acceptors (Lipinski definition) is 4. The van der Waals surface area contributed by atoms with Gasteiger partial charge in [-0.1, -0.05) is 12.1 Å². The molecule has 0 fully saturated rings. The average Bonchev–Trinajstić information content (AvgIpc) is 2.37. The van der Waals surface area contributed by atoms with E-state index in [0.29, 0.717) is 5.56 Å². The molecule has 0 radical (unpaired) electrons. The zero-order valence-electron chi connectivity index (χ0n) is 9.75. The second kappa shape index (κ2) is 5.33. The first-order valence-electron chi connectivity index (χ1n) is 5.35. The van der Waals surface area contributed by atoms with Crippen molar-refractivity contribution >= 4 is 10.0 Å². The normalized spacial score (nSPS) is 11.4. The Bertz CT molecular complexity index is 689. The Labute approximate surface area is 109 Å². The van der Waals surface area contributed by atoms with E-state index in [9.17, 15) is 17.9 Å². The third-order valence-corrected chi connectivity index (χ3v) is 3.74. The molecule has 100 valence electrons. The monoisotopic (exact) mass is 282 g/mol. The maximum Gasteiger partial charge on any atom is 0.242 e. The van der Waals surface area contributed by atoms with Gasteiger partial charge in [0.1, 0.15) is 16.5 Å². The van der Waals surface area contributed by atoms with Gasteiger partial charge >= 0.3 is 0 Å². The van der Waals surface area contributed by atoms with E-state index in [1.165, 1.54) is 12.1 Å². The van der Waals surface area contributed by atoms with E-state index in [-0.39, 0.29) is 17.2 Å². The van der Waals surface area contributed by atoms with Crippen LogP contribution >= 0.6 is 0 Å². The molecule has 2 rings (SSSR count). The number of halogens is 1. The summed E-state index contributed by atoms with van der Waals surface area (Å²) in [6, 6.07) is 7.06. The molecule has 0 amide bonds. The quantitative estimate of drug-likeness (QED) is 0.888. The van der Waals surface area contributed by atoms with Crippen LogP contribution in [0.2, 0.25) is 0 Å². The number of rotatable bonds is 4. The Morgan fingerprint density at radius 1 is 1.26 bits per heavy atom. The Kier molecular flexibility index (Phi) is 3.77. The Morgan fingerprint density at radius 2 is 2.05 bits per heavy atom. The first-order chi connectivity index (χ1) is 8.97. The summed E-state index contributed by atoms with van der Waals surface area (Å²) in [5, 5.41) is 9.26. The smallest absolute Gasteiger partial charge is 0.242 e. The molecule has 0 aliphatic rings. The minimum absolute atomic E-state index is 0.00670. The summed E-state index contributed by atoms with van der Waals surface area (Å²) in [6.45, 7) is -0.00670. The molecular weight excluding hydrogens is 271 g/mol. The highest BCUT2D eigenvalue weighted by molar-refractivity contribution is 7.89. The second-order valence-corrected chi connectivity index (χ2v) is 5.60. The number of aromatic nitrogens is 1. The predicted octanol–water partition coefficient (Wildman–Crippen LogP) is 1.40. The number of hydrogen-bond donors (Lipinski definition) is 2. The first kappa shape index (κ1) is 13.4. The van der Waals surface area contributed by atoms with E-state index in [1.807, 2.05) is 0 Å². The molecule has 0 unspecified atom stereocenters. The summed E-state index contributed by atoms with van der Waals surface area (Å²) < 4.78 is 39.0. The van der Waals surface area contributed by atoms with Gasteiger partial charge in [0.2, 0.25) is 10.0 Å². The fourth-order valence-corrected chi connectivity index (χ4v) is 2.46. The van der Waals surface area contributed by atoms with Gasteiger partial charge in [0.15, 0.2) is 0 Å². The van der Waals surface area contributed by atoms with Gasteiger partial charge in [-0.2, -0.15) is 0 Å². The van der Waals surface area contributed by atoms with Crippen LogP contribution in [0.4, 0.5) is 4.39 Å². The summed E-state index contributed by atoms with van der Waals surface area (Å²) in [5.41, 5.74) is 0.591. The van der Waals surface area contributed by atoms with Crippen molar-refractivity contribution < 1.29 is 17.9 Å². The summed E-state index contributed by atoms with van der Waals surface area (Å²) in [6.07, 6.45) is 1.99. The molecule has 2 N–H and O–H groups in total. The summed E-state index contributed by atoms with van der Waals surface area (Å²) in [5.74, 6) is -0.677. The number of benzene rings is 1. The lowest BCUT2D eigenvalue weighted by molar-refractivity contribution is 0.474. The number of nitrogens with one attached hydrogen (secondary N) is 1. The third-order valence-electron chi connectivity index (χ3n) is 2.37. The van der Waals surface area contributed by atoms with Crippen molar-refractivity contribution in [3.8, 4) is 5.75 Å². The molecule has 2 aromatic rings. The van der Waals surface area contributed by atoms with Gasteiger partial charge in [0.25, 0.3) is 0 Å². The Hall–Kier alpha value is -1.99. The van der Waals surface area contributed by atoms with Gasteiger partial charge in [0, 0.05) is 12.7 Å². The van der Waals surface area contributed by atoms with E-state index >= 15 is 0 Å². The SMILES string of the molecule is O=S(=O)(NCc1cccc(O)c1)c1cncc(F)c1. The van der Waals surface area contributed by atoms with E-state index in [4.69, 9.17) is 0 Å². The first-order valence-corrected chi connectivity index (χ1v) is 6.84. The second-order valence-electron chi connectivity index (χ2n) is 3.83. The third kappa shape index (κ3) is 3.49. The molecule has 0 bridgehead atoms. The number of sulfonamides is 1. The van der Waals surface area contributed by atoms with Crippen LogP contribution in [-0.4, -0.2) is 18.5 Å². The molecular formula is C12H11FN2O3S. The molecule has 0 atom stereocenters. The van der Waals surface area contributed by atoms with Crippen LogP contribution in [0.5, 0.6) is 5.75 Å². The summed E-state index contributed by atoms with van der Waals surface area (Å²) in [4.78, 5) is 3.24. The van der Waals surface area contributed by atoms with Crippen molar-refractivity contribution in [1.82, 2.24) is 9.71 Å². The van der Waals surface area contributed by atoms with Crippen LogP contribution in [0.15, 0.2) is 47.6 Å². The average molecular weight is 282 g/mol. The number of aromatic hydroxyl groups is 1. The van der Waals surface area contributed by atoms with Crippen molar-refractivity contribution in [2.75, 3.05) is 0 Å². The van der Waals surface area contributed by atoms with Gasteiger partial charge in [-0.25, -0.2) is 17.5 Å². The highest BCUT2D eigenvalue weighted by Gasteiger charge is 2.14. The highest BCUT2D eigenvalue weighted by atomic mass is 32.2. The molecule has 1 heterocycles. The van der Waals surface area contributed by atoms with Crippen LogP contribution in [-0.2, 0) is 16.6 Å². The predicted molar refractivity (Wildman–Crippen MR) is 66.3 cm³/mol. The lowest BCUT2D eigenvalue weighted by Crippen LogP contribution is -2.23. The minimum Gasteiger partial charge on any atom is -0.508 e. The number of pyridine rings is 1. The number of phenolic OH excluding ortho intramolecular Hbond substituents is 1. The van der Waals surface area contributed by atoms with Crippen molar-refractivity contribution in [3.63, 3.8) is 0 Å². The maximum atomic E-state index is 12.9. The molecule has 7 heteroatoms. The van der Waals surface area contributed by atoms with E-state index in [2.05, 4.69) is 9.71 Å².